The van der Waals surface area contributed by atoms with Gasteiger partial charge in [-0.15, -0.1) is 6.58 Å². The van der Waals surface area contributed by atoms with Crippen molar-refractivity contribution in [1.29, 1.82) is 5.26 Å². The topological polar surface area (TPSA) is 27.0 Å². The van der Waals surface area contributed by atoms with Gasteiger partial charge in [-0.1, -0.05) is 6.08 Å². The van der Waals surface area contributed by atoms with Crippen molar-refractivity contribution in [3.05, 3.63) is 12.7 Å². The quantitative estimate of drug-likeness (QED) is 0.720. The number of hydrogen-bond acceptors (Lipinski definition) is 2. The molecule has 2 heteroatoms. The molecule has 0 aliphatic heterocycles. The highest BCUT2D eigenvalue weighted by molar-refractivity contribution is 5.23. The SMILES string of the molecule is C=CCC(C#N)(N(C)C)C12CC3CC(CC(C3)C1)C2. The Balaban J connectivity index is 2.02. The third-order valence-corrected chi connectivity index (χ3v) is 6.30. The minimum Gasteiger partial charge on any atom is -0.291 e. The van der Waals surface area contributed by atoms with E-state index in [1.165, 1.54) is 38.5 Å². The van der Waals surface area contributed by atoms with Crippen LogP contribution in [0.4, 0.5) is 0 Å². The van der Waals surface area contributed by atoms with E-state index in [4.69, 9.17) is 0 Å². The van der Waals surface area contributed by atoms with Crippen LogP contribution in [0.2, 0.25) is 0 Å². The molecule has 4 rings (SSSR count). The Kier molecular flexibility index (Phi) is 3.02. The average molecular weight is 258 g/mol. The third kappa shape index (κ3) is 1.71. The van der Waals surface area contributed by atoms with Crippen molar-refractivity contribution in [1.82, 2.24) is 4.90 Å². The van der Waals surface area contributed by atoms with Gasteiger partial charge in [0.1, 0.15) is 5.54 Å². The first-order valence-electron chi connectivity index (χ1n) is 7.75. The Morgan fingerprint density at radius 3 is 2.00 bits per heavy atom. The van der Waals surface area contributed by atoms with Gasteiger partial charge in [-0.2, -0.15) is 5.26 Å². The van der Waals surface area contributed by atoms with E-state index in [9.17, 15) is 5.26 Å². The van der Waals surface area contributed by atoms with E-state index in [1.807, 2.05) is 6.08 Å². The average Bonchev–Trinajstić information content (AvgIpc) is 2.33. The van der Waals surface area contributed by atoms with Crippen LogP contribution in [0.3, 0.4) is 0 Å². The Hall–Kier alpha value is -0.810. The monoisotopic (exact) mass is 258 g/mol. The minimum absolute atomic E-state index is 0.230. The second-order valence-corrected chi connectivity index (χ2v) is 7.56. The zero-order valence-corrected chi connectivity index (χ0v) is 12.4. The largest absolute Gasteiger partial charge is 0.291 e. The van der Waals surface area contributed by atoms with Crippen molar-refractivity contribution in [2.75, 3.05) is 14.1 Å². The molecule has 4 fully saturated rings. The zero-order chi connectivity index (χ0) is 13.7. The highest BCUT2D eigenvalue weighted by Gasteiger charge is 2.61. The molecule has 0 spiro atoms. The Bertz CT molecular complexity index is 382. The first-order chi connectivity index (χ1) is 9.05. The van der Waals surface area contributed by atoms with Crippen molar-refractivity contribution in [3.63, 3.8) is 0 Å². The fourth-order valence-corrected chi connectivity index (χ4v) is 5.96. The van der Waals surface area contributed by atoms with Crippen molar-refractivity contribution in [2.45, 2.75) is 50.5 Å². The van der Waals surface area contributed by atoms with E-state index in [0.717, 1.165) is 24.2 Å². The van der Waals surface area contributed by atoms with Gasteiger partial charge in [-0.05, 0) is 76.8 Å². The molecule has 2 nitrogen and oxygen atoms in total. The molecule has 0 aromatic heterocycles. The molecule has 1 unspecified atom stereocenters. The van der Waals surface area contributed by atoms with Gasteiger partial charge >= 0.3 is 0 Å². The molecule has 4 saturated carbocycles. The highest BCUT2D eigenvalue weighted by atomic mass is 15.2. The van der Waals surface area contributed by atoms with Crippen LogP contribution in [-0.4, -0.2) is 24.5 Å². The summed E-state index contributed by atoms with van der Waals surface area (Å²) >= 11 is 0. The summed E-state index contributed by atoms with van der Waals surface area (Å²) in [6.07, 6.45) is 10.9. The van der Waals surface area contributed by atoms with Gasteiger partial charge < -0.3 is 0 Å². The van der Waals surface area contributed by atoms with Crippen LogP contribution in [0.5, 0.6) is 0 Å². The van der Waals surface area contributed by atoms with Gasteiger partial charge in [0, 0.05) is 5.41 Å². The van der Waals surface area contributed by atoms with E-state index < -0.39 is 0 Å². The molecule has 0 saturated heterocycles. The van der Waals surface area contributed by atoms with Crippen LogP contribution in [0.25, 0.3) is 0 Å². The summed E-state index contributed by atoms with van der Waals surface area (Å²) in [6.45, 7) is 3.93. The van der Waals surface area contributed by atoms with Crippen LogP contribution in [0.15, 0.2) is 12.7 Å². The fraction of sp³-hybridized carbons (Fsp3) is 0.824. The lowest BCUT2D eigenvalue weighted by molar-refractivity contribution is -0.117. The van der Waals surface area contributed by atoms with E-state index in [-0.39, 0.29) is 11.0 Å². The molecule has 19 heavy (non-hydrogen) atoms. The van der Waals surface area contributed by atoms with E-state index in [1.54, 1.807) is 0 Å². The summed E-state index contributed by atoms with van der Waals surface area (Å²) in [5.74, 6) is 2.68. The summed E-state index contributed by atoms with van der Waals surface area (Å²) in [7, 11) is 4.18. The molecule has 0 aromatic carbocycles. The van der Waals surface area contributed by atoms with Gasteiger partial charge in [0.05, 0.1) is 6.07 Å². The lowest BCUT2D eigenvalue weighted by atomic mass is 9.44. The van der Waals surface area contributed by atoms with Crippen molar-refractivity contribution in [2.24, 2.45) is 23.2 Å². The van der Waals surface area contributed by atoms with Gasteiger partial charge in [-0.25, -0.2) is 0 Å². The molecule has 0 aromatic rings. The smallest absolute Gasteiger partial charge is 0.117 e. The molecular formula is C17H26N2. The van der Waals surface area contributed by atoms with E-state index >= 15 is 0 Å². The van der Waals surface area contributed by atoms with Crippen LogP contribution in [0, 0.1) is 34.5 Å². The Morgan fingerprint density at radius 2 is 1.68 bits per heavy atom. The van der Waals surface area contributed by atoms with Crippen molar-refractivity contribution in [3.8, 4) is 6.07 Å². The van der Waals surface area contributed by atoms with E-state index in [0.29, 0.717) is 0 Å². The molecule has 0 N–H and O–H groups in total. The van der Waals surface area contributed by atoms with Gasteiger partial charge in [0.2, 0.25) is 0 Å². The van der Waals surface area contributed by atoms with Crippen molar-refractivity contribution < 1.29 is 0 Å². The summed E-state index contributed by atoms with van der Waals surface area (Å²) in [5.41, 5.74) is -0.0983. The summed E-state index contributed by atoms with van der Waals surface area (Å²) in [4.78, 5) is 2.20. The summed E-state index contributed by atoms with van der Waals surface area (Å²) in [5, 5.41) is 10.00. The maximum Gasteiger partial charge on any atom is 0.117 e. The molecular weight excluding hydrogens is 232 g/mol. The van der Waals surface area contributed by atoms with Gasteiger partial charge in [0.25, 0.3) is 0 Å². The fourth-order valence-electron chi connectivity index (χ4n) is 5.96. The molecule has 0 radical (unpaired) electrons. The maximum atomic E-state index is 10.00. The van der Waals surface area contributed by atoms with Crippen molar-refractivity contribution >= 4 is 0 Å². The molecule has 0 heterocycles. The lowest BCUT2D eigenvalue weighted by Crippen LogP contribution is -2.63. The number of hydrogen-bond donors (Lipinski definition) is 0. The number of rotatable bonds is 4. The Morgan fingerprint density at radius 1 is 1.21 bits per heavy atom. The maximum absolute atomic E-state index is 10.00. The Labute approximate surface area is 117 Å². The summed E-state index contributed by atoms with van der Waals surface area (Å²) in [6, 6.07) is 2.73. The lowest BCUT2D eigenvalue weighted by Gasteiger charge is -2.63. The minimum atomic E-state index is -0.329. The molecule has 104 valence electrons. The summed E-state index contributed by atoms with van der Waals surface area (Å²) < 4.78 is 0. The van der Waals surface area contributed by atoms with Crippen LogP contribution in [-0.2, 0) is 0 Å². The van der Waals surface area contributed by atoms with Gasteiger partial charge in [-0.3, -0.25) is 4.90 Å². The normalized spacial score (nSPS) is 42.9. The van der Waals surface area contributed by atoms with Crippen LogP contribution < -0.4 is 0 Å². The highest BCUT2D eigenvalue weighted by Crippen LogP contribution is 2.65. The first-order valence-corrected chi connectivity index (χ1v) is 7.75. The molecule has 1 atom stereocenters. The number of nitrogens with zero attached hydrogens (tertiary/aromatic N) is 2. The zero-order valence-electron chi connectivity index (χ0n) is 12.4. The standard InChI is InChI=1S/C17H26N2/c1-4-5-17(12-18,19(2)3)16-9-13-6-14(10-16)8-15(7-13)11-16/h4,13-15H,1,5-11H2,2-3H3. The van der Waals surface area contributed by atoms with E-state index in [2.05, 4.69) is 31.6 Å². The molecule has 4 aliphatic rings. The predicted molar refractivity (Wildman–Crippen MR) is 77.5 cm³/mol. The predicted octanol–water partition coefficient (Wildman–Crippen LogP) is 3.60. The van der Waals surface area contributed by atoms with Gasteiger partial charge in [0.15, 0.2) is 0 Å². The second kappa shape index (κ2) is 4.35. The first kappa shape index (κ1) is 13.2. The molecule has 4 bridgehead atoms. The third-order valence-electron chi connectivity index (χ3n) is 6.30. The number of nitriles is 1. The second-order valence-electron chi connectivity index (χ2n) is 7.56. The van der Waals surface area contributed by atoms with Crippen LogP contribution >= 0.6 is 0 Å². The molecule has 4 aliphatic carbocycles. The van der Waals surface area contributed by atoms with Crippen LogP contribution in [0.1, 0.15) is 44.9 Å². The molecule has 0 amide bonds.